The first-order valence-electron chi connectivity index (χ1n) is 5.91. The second-order valence-electron chi connectivity index (χ2n) is 4.25. The normalized spacial score (nSPS) is 12.6. The third kappa shape index (κ3) is 3.17. The lowest BCUT2D eigenvalue weighted by molar-refractivity contribution is 0.469. The van der Waals surface area contributed by atoms with Gasteiger partial charge in [0.05, 0.1) is 6.26 Å². The van der Waals surface area contributed by atoms with Gasteiger partial charge in [-0.05, 0) is 43.7 Å². The molecule has 1 N–H and O–H groups in total. The third-order valence-corrected chi connectivity index (χ3v) is 2.91. The highest BCUT2D eigenvalue weighted by atomic mass is 16.3. The van der Waals surface area contributed by atoms with Crippen molar-refractivity contribution in [1.82, 2.24) is 10.3 Å². The molecule has 0 amide bonds. The van der Waals surface area contributed by atoms with E-state index < -0.39 is 0 Å². The summed E-state index contributed by atoms with van der Waals surface area (Å²) in [5.74, 6) is 1.03. The molecule has 1 unspecified atom stereocenters. The smallest absolute Gasteiger partial charge is 0.103 e. The van der Waals surface area contributed by atoms with E-state index in [0.717, 1.165) is 18.6 Å². The third-order valence-electron chi connectivity index (χ3n) is 2.91. The first-order valence-corrected chi connectivity index (χ1v) is 5.91. The first kappa shape index (κ1) is 11.9. The number of rotatable bonds is 5. The van der Waals surface area contributed by atoms with Gasteiger partial charge in [0.1, 0.15) is 5.76 Å². The van der Waals surface area contributed by atoms with Crippen LogP contribution in [0.4, 0.5) is 0 Å². The van der Waals surface area contributed by atoms with Crippen molar-refractivity contribution in [2.24, 2.45) is 0 Å². The molecule has 2 heterocycles. The standard InChI is InChI=1S/C14H18N2O/c1-11-8-12(10-16-9-11)14(15-2)6-5-13-4-3-7-17-13/h3-4,7-10,14-15H,5-6H2,1-2H3. The molecule has 2 aromatic heterocycles. The van der Waals surface area contributed by atoms with Crippen LogP contribution in [0.5, 0.6) is 0 Å². The Morgan fingerprint density at radius 1 is 1.41 bits per heavy atom. The van der Waals surface area contributed by atoms with E-state index in [1.54, 1.807) is 6.26 Å². The fraction of sp³-hybridized carbons (Fsp3) is 0.357. The topological polar surface area (TPSA) is 38.1 Å². The largest absolute Gasteiger partial charge is 0.469 e. The Morgan fingerprint density at radius 2 is 2.29 bits per heavy atom. The van der Waals surface area contributed by atoms with Crippen LogP contribution in [0.2, 0.25) is 0 Å². The molecule has 0 aliphatic rings. The lowest BCUT2D eigenvalue weighted by Gasteiger charge is -2.15. The summed E-state index contributed by atoms with van der Waals surface area (Å²) >= 11 is 0. The van der Waals surface area contributed by atoms with Crippen LogP contribution in [0.25, 0.3) is 0 Å². The Kier molecular flexibility index (Phi) is 3.94. The Balaban J connectivity index is 2.01. The molecule has 3 nitrogen and oxygen atoms in total. The number of aromatic nitrogens is 1. The molecule has 2 aromatic rings. The molecule has 0 radical (unpaired) electrons. The summed E-state index contributed by atoms with van der Waals surface area (Å²) in [7, 11) is 1.98. The monoisotopic (exact) mass is 230 g/mol. The Hall–Kier alpha value is -1.61. The van der Waals surface area contributed by atoms with E-state index in [-0.39, 0.29) is 0 Å². The van der Waals surface area contributed by atoms with Gasteiger partial charge in [-0.25, -0.2) is 0 Å². The van der Waals surface area contributed by atoms with Crippen LogP contribution in [0.15, 0.2) is 41.3 Å². The van der Waals surface area contributed by atoms with Crippen molar-refractivity contribution in [3.05, 3.63) is 53.7 Å². The molecular formula is C14H18N2O. The Bertz CT molecular complexity index is 451. The summed E-state index contributed by atoms with van der Waals surface area (Å²) in [6.45, 7) is 2.07. The van der Waals surface area contributed by atoms with Crippen LogP contribution in [0.3, 0.4) is 0 Å². The second-order valence-corrected chi connectivity index (χ2v) is 4.25. The zero-order valence-corrected chi connectivity index (χ0v) is 10.3. The van der Waals surface area contributed by atoms with Crippen molar-refractivity contribution in [3.63, 3.8) is 0 Å². The number of hydrogen-bond acceptors (Lipinski definition) is 3. The number of pyridine rings is 1. The number of nitrogens with one attached hydrogen (secondary N) is 1. The van der Waals surface area contributed by atoms with Crippen LogP contribution >= 0.6 is 0 Å². The van der Waals surface area contributed by atoms with Gasteiger partial charge in [-0.15, -0.1) is 0 Å². The maximum absolute atomic E-state index is 5.34. The summed E-state index contributed by atoms with van der Waals surface area (Å²) in [5, 5.41) is 3.33. The molecule has 90 valence electrons. The molecule has 0 aliphatic heterocycles. The van der Waals surface area contributed by atoms with Crippen LogP contribution < -0.4 is 5.32 Å². The van der Waals surface area contributed by atoms with Gasteiger partial charge in [-0.2, -0.15) is 0 Å². The van der Waals surface area contributed by atoms with Gasteiger partial charge >= 0.3 is 0 Å². The van der Waals surface area contributed by atoms with Crippen LogP contribution in [0.1, 0.15) is 29.3 Å². The molecule has 2 rings (SSSR count). The summed E-state index contributed by atoms with van der Waals surface area (Å²) in [4.78, 5) is 4.23. The summed E-state index contributed by atoms with van der Waals surface area (Å²) in [6, 6.07) is 6.45. The van der Waals surface area contributed by atoms with E-state index in [4.69, 9.17) is 4.42 Å². The van der Waals surface area contributed by atoms with E-state index in [0.29, 0.717) is 6.04 Å². The average Bonchev–Trinajstić information content (AvgIpc) is 2.83. The van der Waals surface area contributed by atoms with Crippen LogP contribution in [0, 0.1) is 6.92 Å². The van der Waals surface area contributed by atoms with Crippen molar-refractivity contribution >= 4 is 0 Å². The van der Waals surface area contributed by atoms with Gasteiger partial charge in [0.15, 0.2) is 0 Å². The highest BCUT2D eigenvalue weighted by Crippen LogP contribution is 2.19. The zero-order chi connectivity index (χ0) is 12.1. The molecule has 0 aromatic carbocycles. The zero-order valence-electron chi connectivity index (χ0n) is 10.3. The van der Waals surface area contributed by atoms with E-state index in [9.17, 15) is 0 Å². The summed E-state index contributed by atoms with van der Waals surface area (Å²) < 4.78 is 5.34. The molecule has 0 fully saturated rings. The van der Waals surface area contributed by atoms with Gasteiger partial charge in [-0.1, -0.05) is 6.07 Å². The number of aryl methyl sites for hydroxylation is 2. The van der Waals surface area contributed by atoms with E-state index in [1.807, 2.05) is 31.6 Å². The molecule has 0 aliphatic carbocycles. The van der Waals surface area contributed by atoms with Crippen molar-refractivity contribution in [2.45, 2.75) is 25.8 Å². The predicted molar refractivity (Wildman–Crippen MR) is 67.8 cm³/mol. The average molecular weight is 230 g/mol. The molecule has 0 bridgehead atoms. The molecule has 0 saturated heterocycles. The van der Waals surface area contributed by atoms with Crippen molar-refractivity contribution in [2.75, 3.05) is 7.05 Å². The first-order chi connectivity index (χ1) is 8.29. The predicted octanol–water partition coefficient (Wildman–Crippen LogP) is 2.88. The summed E-state index contributed by atoms with van der Waals surface area (Å²) in [6.07, 6.45) is 7.47. The lowest BCUT2D eigenvalue weighted by Crippen LogP contribution is -2.17. The highest BCUT2D eigenvalue weighted by Gasteiger charge is 2.10. The molecule has 0 saturated carbocycles. The quantitative estimate of drug-likeness (QED) is 0.858. The molecule has 3 heteroatoms. The molecule has 17 heavy (non-hydrogen) atoms. The maximum Gasteiger partial charge on any atom is 0.103 e. The van der Waals surface area contributed by atoms with Gasteiger partial charge in [0, 0.05) is 24.9 Å². The van der Waals surface area contributed by atoms with Gasteiger partial charge < -0.3 is 9.73 Å². The molecule has 0 spiro atoms. The molecule has 1 atom stereocenters. The number of nitrogens with zero attached hydrogens (tertiary/aromatic N) is 1. The minimum atomic E-state index is 0.326. The fourth-order valence-electron chi connectivity index (χ4n) is 1.99. The minimum absolute atomic E-state index is 0.326. The van der Waals surface area contributed by atoms with Crippen molar-refractivity contribution < 1.29 is 4.42 Å². The Labute approximate surface area is 102 Å². The van der Waals surface area contributed by atoms with Gasteiger partial charge in [-0.3, -0.25) is 4.98 Å². The van der Waals surface area contributed by atoms with E-state index in [1.165, 1.54) is 11.1 Å². The second kappa shape index (κ2) is 5.64. The fourth-order valence-corrected chi connectivity index (χ4v) is 1.99. The number of furan rings is 1. The summed E-state index contributed by atoms with van der Waals surface area (Å²) in [5.41, 5.74) is 2.43. The van der Waals surface area contributed by atoms with Crippen LogP contribution in [-0.2, 0) is 6.42 Å². The number of hydrogen-bond donors (Lipinski definition) is 1. The highest BCUT2D eigenvalue weighted by molar-refractivity contribution is 5.20. The van der Waals surface area contributed by atoms with E-state index >= 15 is 0 Å². The lowest BCUT2D eigenvalue weighted by atomic mass is 10.0. The van der Waals surface area contributed by atoms with E-state index in [2.05, 4.69) is 23.3 Å². The van der Waals surface area contributed by atoms with Gasteiger partial charge in [0.2, 0.25) is 0 Å². The van der Waals surface area contributed by atoms with Crippen molar-refractivity contribution in [3.8, 4) is 0 Å². The SMILES string of the molecule is CNC(CCc1ccco1)c1cncc(C)c1. The maximum atomic E-state index is 5.34. The molecular weight excluding hydrogens is 212 g/mol. The van der Waals surface area contributed by atoms with Gasteiger partial charge in [0.25, 0.3) is 0 Å². The van der Waals surface area contributed by atoms with Crippen LogP contribution in [-0.4, -0.2) is 12.0 Å². The van der Waals surface area contributed by atoms with Crippen molar-refractivity contribution in [1.29, 1.82) is 0 Å². The minimum Gasteiger partial charge on any atom is -0.469 e. The Morgan fingerprint density at radius 3 is 2.94 bits per heavy atom.